The molecule has 0 aliphatic rings. The summed E-state index contributed by atoms with van der Waals surface area (Å²) < 4.78 is 0. The summed E-state index contributed by atoms with van der Waals surface area (Å²) in [5.41, 5.74) is 4.63. The third-order valence-electron chi connectivity index (χ3n) is 2.62. The predicted molar refractivity (Wildman–Crippen MR) is 71.1 cm³/mol. The van der Waals surface area contributed by atoms with Crippen molar-refractivity contribution in [2.24, 2.45) is 0 Å². The molecule has 0 unspecified atom stereocenters. The Kier molecular flexibility index (Phi) is 3.52. The molecule has 0 saturated carbocycles. The summed E-state index contributed by atoms with van der Waals surface area (Å²) in [5, 5.41) is 0. The monoisotopic (exact) mass is 250 g/mol. The maximum atomic E-state index is 5.80. The van der Waals surface area contributed by atoms with Crippen molar-refractivity contribution < 1.29 is 0 Å². The van der Waals surface area contributed by atoms with Crippen LogP contribution in [0.4, 0.5) is 0 Å². The van der Waals surface area contributed by atoms with Gasteiger partial charge in [0.2, 0.25) is 0 Å². The number of rotatable bonds is 2. The molecule has 0 bridgehead atoms. The summed E-state index contributed by atoms with van der Waals surface area (Å²) in [7, 11) is 0. The van der Waals surface area contributed by atoms with Gasteiger partial charge in [0.05, 0.1) is 0 Å². The lowest BCUT2D eigenvalue weighted by Crippen LogP contribution is -1.85. The molecule has 2 heteroatoms. The van der Waals surface area contributed by atoms with Crippen LogP contribution in [-0.4, -0.2) is 0 Å². The fourth-order valence-electron chi connectivity index (χ4n) is 1.70. The zero-order valence-corrected chi connectivity index (χ0v) is 10.5. The van der Waals surface area contributed by atoms with E-state index in [2.05, 4.69) is 31.2 Å². The van der Waals surface area contributed by atoms with Crippen molar-refractivity contribution in [3.63, 3.8) is 0 Å². The number of halogens is 2. The molecular weight excluding hydrogens is 239 g/mol. The van der Waals surface area contributed by atoms with Crippen molar-refractivity contribution in [2.75, 3.05) is 0 Å². The Labute approximate surface area is 106 Å². The molecule has 2 rings (SSSR count). The smallest absolute Gasteiger partial charge is 0.100 e. The van der Waals surface area contributed by atoms with E-state index in [0.717, 1.165) is 5.56 Å². The molecule has 0 amide bonds. The van der Waals surface area contributed by atoms with Crippen molar-refractivity contribution in [1.29, 1.82) is 0 Å². The van der Waals surface area contributed by atoms with Gasteiger partial charge in [-0.3, -0.25) is 0 Å². The first-order chi connectivity index (χ1) is 7.68. The molecule has 0 aromatic heterocycles. The maximum Gasteiger partial charge on any atom is 0.132 e. The average molecular weight is 251 g/mol. The lowest BCUT2D eigenvalue weighted by Gasteiger charge is -2.07. The second-order valence-electron chi connectivity index (χ2n) is 3.74. The van der Waals surface area contributed by atoms with Gasteiger partial charge in [0.1, 0.15) is 4.84 Å². The van der Waals surface area contributed by atoms with Crippen LogP contribution in [0.3, 0.4) is 0 Å². The first kappa shape index (κ1) is 11.5. The fourth-order valence-corrected chi connectivity index (χ4v) is 2.00. The average Bonchev–Trinajstić information content (AvgIpc) is 2.30. The highest BCUT2D eigenvalue weighted by molar-refractivity contribution is 6.44. The Morgan fingerprint density at radius 1 is 0.875 bits per heavy atom. The summed E-state index contributed by atoms with van der Waals surface area (Å²) in [6, 6.07) is 16.3. The second-order valence-corrected chi connectivity index (χ2v) is 4.83. The summed E-state index contributed by atoms with van der Waals surface area (Å²) in [5.74, 6) is 0. The molecule has 0 radical (unpaired) electrons. The van der Waals surface area contributed by atoms with Crippen molar-refractivity contribution in [3.05, 3.63) is 59.7 Å². The van der Waals surface area contributed by atoms with Crippen LogP contribution in [0.1, 0.15) is 16.0 Å². The van der Waals surface area contributed by atoms with Crippen LogP contribution in [0.25, 0.3) is 11.1 Å². The van der Waals surface area contributed by atoms with E-state index in [0.29, 0.717) is 0 Å². The van der Waals surface area contributed by atoms with Crippen LogP contribution in [0.2, 0.25) is 0 Å². The second kappa shape index (κ2) is 4.90. The molecule has 0 fully saturated rings. The third kappa shape index (κ3) is 2.40. The number of hydrogen-bond donors (Lipinski definition) is 0. The quantitative estimate of drug-likeness (QED) is 0.648. The van der Waals surface area contributed by atoms with Gasteiger partial charge in [-0.15, -0.1) is 23.2 Å². The van der Waals surface area contributed by atoms with E-state index in [1.165, 1.54) is 16.7 Å². The van der Waals surface area contributed by atoms with Crippen LogP contribution in [0.15, 0.2) is 48.5 Å². The summed E-state index contributed by atoms with van der Waals surface area (Å²) >= 11 is 11.6. The first-order valence-corrected chi connectivity index (χ1v) is 6.00. The summed E-state index contributed by atoms with van der Waals surface area (Å²) in [6.07, 6.45) is 0. The molecule has 0 saturated heterocycles. The van der Waals surface area contributed by atoms with Crippen LogP contribution in [0.5, 0.6) is 0 Å². The van der Waals surface area contributed by atoms with E-state index >= 15 is 0 Å². The zero-order chi connectivity index (χ0) is 11.5. The molecule has 2 aromatic rings. The Morgan fingerprint density at radius 2 is 1.50 bits per heavy atom. The van der Waals surface area contributed by atoms with Gasteiger partial charge in [0.25, 0.3) is 0 Å². The SMILES string of the molecule is Cc1ccccc1-c1ccc(C(Cl)Cl)cc1. The Morgan fingerprint density at radius 3 is 2.06 bits per heavy atom. The number of hydrogen-bond acceptors (Lipinski definition) is 0. The van der Waals surface area contributed by atoms with Crippen molar-refractivity contribution >= 4 is 23.2 Å². The van der Waals surface area contributed by atoms with Gasteiger partial charge in [0.15, 0.2) is 0 Å². The molecule has 0 spiro atoms. The highest BCUT2D eigenvalue weighted by atomic mass is 35.5. The predicted octanol–water partition coefficient (Wildman–Crippen LogP) is 5.14. The van der Waals surface area contributed by atoms with Gasteiger partial charge < -0.3 is 0 Å². The normalized spacial score (nSPS) is 10.8. The largest absolute Gasteiger partial charge is 0.132 e. The number of benzene rings is 2. The van der Waals surface area contributed by atoms with Gasteiger partial charge in [-0.2, -0.15) is 0 Å². The molecule has 0 aliphatic carbocycles. The van der Waals surface area contributed by atoms with Crippen LogP contribution < -0.4 is 0 Å². The summed E-state index contributed by atoms with van der Waals surface area (Å²) in [6.45, 7) is 2.11. The van der Waals surface area contributed by atoms with Crippen LogP contribution in [-0.2, 0) is 0 Å². The number of aryl methyl sites for hydroxylation is 1. The topological polar surface area (TPSA) is 0 Å². The van der Waals surface area contributed by atoms with Crippen LogP contribution in [0, 0.1) is 6.92 Å². The lowest BCUT2D eigenvalue weighted by atomic mass is 10.00. The maximum absolute atomic E-state index is 5.80. The Hall–Kier alpha value is -0.980. The van der Waals surface area contributed by atoms with E-state index in [4.69, 9.17) is 23.2 Å². The van der Waals surface area contributed by atoms with Gasteiger partial charge >= 0.3 is 0 Å². The minimum absolute atomic E-state index is 0.453. The first-order valence-electron chi connectivity index (χ1n) is 5.12. The standard InChI is InChI=1S/C14H12Cl2/c1-10-4-2-3-5-13(10)11-6-8-12(9-7-11)14(15)16/h2-9,14H,1H3. The Balaban J connectivity index is 2.39. The minimum Gasteiger partial charge on any atom is -0.100 e. The van der Waals surface area contributed by atoms with E-state index < -0.39 is 4.84 Å². The fraction of sp³-hybridized carbons (Fsp3) is 0.143. The van der Waals surface area contributed by atoms with Crippen LogP contribution >= 0.6 is 23.2 Å². The molecule has 2 aromatic carbocycles. The van der Waals surface area contributed by atoms with E-state index in [9.17, 15) is 0 Å². The molecule has 0 aliphatic heterocycles. The number of alkyl halides is 2. The van der Waals surface area contributed by atoms with Crippen molar-refractivity contribution in [2.45, 2.75) is 11.8 Å². The van der Waals surface area contributed by atoms with E-state index in [-0.39, 0.29) is 0 Å². The lowest BCUT2D eigenvalue weighted by molar-refractivity contribution is 1.35. The molecule has 0 heterocycles. The summed E-state index contributed by atoms with van der Waals surface area (Å²) in [4.78, 5) is -0.453. The molecule has 16 heavy (non-hydrogen) atoms. The third-order valence-corrected chi connectivity index (χ3v) is 3.12. The zero-order valence-electron chi connectivity index (χ0n) is 8.95. The molecule has 0 nitrogen and oxygen atoms in total. The molecule has 0 N–H and O–H groups in total. The van der Waals surface area contributed by atoms with Gasteiger partial charge in [-0.25, -0.2) is 0 Å². The molecule has 82 valence electrons. The highest BCUT2D eigenvalue weighted by Gasteiger charge is 2.04. The van der Waals surface area contributed by atoms with E-state index in [1.807, 2.05) is 24.3 Å². The highest BCUT2D eigenvalue weighted by Crippen LogP contribution is 2.28. The molecule has 0 atom stereocenters. The van der Waals surface area contributed by atoms with Crippen molar-refractivity contribution in [1.82, 2.24) is 0 Å². The molecular formula is C14H12Cl2. The van der Waals surface area contributed by atoms with Gasteiger partial charge in [-0.05, 0) is 29.2 Å². The van der Waals surface area contributed by atoms with Gasteiger partial charge in [-0.1, -0.05) is 48.5 Å². The van der Waals surface area contributed by atoms with E-state index in [1.54, 1.807) is 0 Å². The minimum atomic E-state index is -0.453. The van der Waals surface area contributed by atoms with Crippen molar-refractivity contribution in [3.8, 4) is 11.1 Å². The Bertz CT molecular complexity index is 472. The van der Waals surface area contributed by atoms with Gasteiger partial charge in [0, 0.05) is 0 Å².